The van der Waals surface area contributed by atoms with Crippen molar-refractivity contribution in [2.75, 3.05) is 13.7 Å². The molecule has 0 spiro atoms. The van der Waals surface area contributed by atoms with Crippen LogP contribution < -0.4 is 20.5 Å². The minimum absolute atomic E-state index is 0.215. The summed E-state index contributed by atoms with van der Waals surface area (Å²) >= 11 is 0. The average molecular weight is 250 g/mol. The maximum Gasteiger partial charge on any atom is 0.258 e. The highest BCUT2D eigenvalue weighted by Crippen LogP contribution is 2.35. The number of rotatable bonds is 5. The maximum atomic E-state index is 11.1. The van der Waals surface area contributed by atoms with Crippen molar-refractivity contribution in [2.45, 2.75) is 25.5 Å². The Labute approximate surface area is 106 Å². The van der Waals surface area contributed by atoms with Crippen LogP contribution in [0.4, 0.5) is 0 Å². The van der Waals surface area contributed by atoms with Gasteiger partial charge in [-0.3, -0.25) is 4.79 Å². The van der Waals surface area contributed by atoms with Crippen molar-refractivity contribution in [1.82, 2.24) is 5.32 Å². The first-order valence-electron chi connectivity index (χ1n) is 6.05. The number of amides is 1. The molecule has 1 aliphatic rings. The third-order valence-corrected chi connectivity index (χ3v) is 3.08. The van der Waals surface area contributed by atoms with Gasteiger partial charge >= 0.3 is 0 Å². The molecule has 0 radical (unpaired) electrons. The zero-order valence-corrected chi connectivity index (χ0v) is 10.6. The minimum atomic E-state index is -0.593. The van der Waals surface area contributed by atoms with Crippen LogP contribution in [0.1, 0.15) is 24.9 Å². The predicted octanol–water partition coefficient (Wildman–Crippen LogP) is 0.982. The van der Waals surface area contributed by atoms with Crippen molar-refractivity contribution in [1.29, 1.82) is 0 Å². The number of ether oxygens (including phenoxy) is 2. The Morgan fingerprint density at radius 2 is 2.44 bits per heavy atom. The Hall–Kier alpha value is -1.75. The Kier molecular flexibility index (Phi) is 3.72. The normalized spacial score (nSPS) is 18.9. The van der Waals surface area contributed by atoms with Gasteiger partial charge in [0.15, 0.2) is 6.10 Å². The second kappa shape index (κ2) is 5.27. The molecule has 1 amide bonds. The second-order valence-electron chi connectivity index (χ2n) is 4.27. The summed E-state index contributed by atoms with van der Waals surface area (Å²) < 4.78 is 11.1. The quantitative estimate of drug-likeness (QED) is 0.817. The summed E-state index contributed by atoms with van der Waals surface area (Å²) in [6.07, 6.45) is -0.0450. The SMILES string of the molecule is CCC(Oc1ccc2c(c1)OCC2NC)C(N)=O. The molecular weight excluding hydrogens is 232 g/mol. The van der Waals surface area contributed by atoms with Gasteiger partial charge in [0.25, 0.3) is 5.91 Å². The van der Waals surface area contributed by atoms with Crippen molar-refractivity contribution >= 4 is 5.91 Å². The molecule has 0 aromatic heterocycles. The van der Waals surface area contributed by atoms with Crippen LogP contribution in [-0.2, 0) is 4.79 Å². The standard InChI is InChI=1S/C13H18N2O3/c1-3-11(13(14)16)18-8-4-5-9-10(15-2)7-17-12(9)6-8/h4-6,10-11,15H,3,7H2,1-2H3,(H2,14,16). The summed E-state index contributed by atoms with van der Waals surface area (Å²) in [5, 5.41) is 3.17. The largest absolute Gasteiger partial charge is 0.491 e. The van der Waals surface area contributed by atoms with Crippen LogP contribution in [0.2, 0.25) is 0 Å². The zero-order valence-electron chi connectivity index (χ0n) is 10.6. The van der Waals surface area contributed by atoms with E-state index in [9.17, 15) is 4.79 Å². The molecule has 1 aromatic rings. The van der Waals surface area contributed by atoms with Gasteiger partial charge in [-0.2, -0.15) is 0 Å². The lowest BCUT2D eigenvalue weighted by molar-refractivity contribution is -0.124. The molecule has 2 unspecified atom stereocenters. The fraction of sp³-hybridized carbons (Fsp3) is 0.462. The lowest BCUT2D eigenvalue weighted by Crippen LogP contribution is -2.32. The molecule has 1 heterocycles. The van der Waals surface area contributed by atoms with E-state index in [1.165, 1.54) is 0 Å². The van der Waals surface area contributed by atoms with Gasteiger partial charge in [-0.05, 0) is 25.6 Å². The van der Waals surface area contributed by atoms with Crippen LogP contribution in [0.5, 0.6) is 11.5 Å². The Balaban J connectivity index is 2.15. The molecule has 98 valence electrons. The summed E-state index contributed by atoms with van der Waals surface area (Å²) in [4.78, 5) is 11.1. The van der Waals surface area contributed by atoms with Crippen LogP contribution in [0.3, 0.4) is 0 Å². The van der Waals surface area contributed by atoms with Crippen molar-refractivity contribution in [2.24, 2.45) is 5.73 Å². The van der Waals surface area contributed by atoms with E-state index < -0.39 is 12.0 Å². The lowest BCUT2D eigenvalue weighted by atomic mass is 10.1. The highest BCUT2D eigenvalue weighted by molar-refractivity contribution is 5.79. The molecule has 0 aliphatic carbocycles. The number of hydrogen-bond acceptors (Lipinski definition) is 4. The number of hydrogen-bond donors (Lipinski definition) is 2. The van der Waals surface area contributed by atoms with Gasteiger partial charge in [0, 0.05) is 11.6 Å². The van der Waals surface area contributed by atoms with Crippen molar-refractivity contribution in [3.8, 4) is 11.5 Å². The molecule has 18 heavy (non-hydrogen) atoms. The third kappa shape index (κ3) is 2.41. The Morgan fingerprint density at radius 1 is 1.67 bits per heavy atom. The van der Waals surface area contributed by atoms with Gasteiger partial charge in [0.05, 0.1) is 6.04 Å². The number of primary amides is 1. The fourth-order valence-corrected chi connectivity index (χ4v) is 2.01. The number of nitrogens with one attached hydrogen (secondary N) is 1. The lowest BCUT2D eigenvalue weighted by Gasteiger charge is -2.14. The number of likely N-dealkylation sites (N-methyl/N-ethyl adjacent to an activating group) is 1. The van der Waals surface area contributed by atoms with E-state index in [1.807, 2.05) is 26.1 Å². The molecule has 5 heteroatoms. The van der Waals surface area contributed by atoms with E-state index in [0.29, 0.717) is 18.8 Å². The van der Waals surface area contributed by atoms with Crippen LogP contribution in [0, 0.1) is 0 Å². The Morgan fingerprint density at radius 3 is 3.06 bits per heavy atom. The third-order valence-electron chi connectivity index (χ3n) is 3.08. The molecule has 0 saturated heterocycles. The first-order valence-corrected chi connectivity index (χ1v) is 6.05. The molecular formula is C13H18N2O3. The number of carbonyl (C=O) groups is 1. The van der Waals surface area contributed by atoms with E-state index in [0.717, 1.165) is 11.3 Å². The molecule has 1 aliphatic heterocycles. The van der Waals surface area contributed by atoms with E-state index in [1.54, 1.807) is 6.07 Å². The van der Waals surface area contributed by atoms with Crippen LogP contribution in [0.15, 0.2) is 18.2 Å². The molecule has 3 N–H and O–H groups in total. The molecule has 2 rings (SSSR count). The van der Waals surface area contributed by atoms with Gasteiger partial charge in [0.2, 0.25) is 0 Å². The number of nitrogens with two attached hydrogens (primary N) is 1. The van der Waals surface area contributed by atoms with E-state index in [-0.39, 0.29) is 6.04 Å². The maximum absolute atomic E-state index is 11.1. The first-order chi connectivity index (χ1) is 8.65. The molecule has 0 saturated carbocycles. The van der Waals surface area contributed by atoms with Gasteiger partial charge in [-0.15, -0.1) is 0 Å². The van der Waals surface area contributed by atoms with Gasteiger partial charge in [0.1, 0.15) is 18.1 Å². The highest BCUT2D eigenvalue weighted by atomic mass is 16.5. The van der Waals surface area contributed by atoms with Gasteiger partial charge in [-0.1, -0.05) is 6.92 Å². The van der Waals surface area contributed by atoms with E-state index >= 15 is 0 Å². The molecule has 0 bridgehead atoms. The van der Waals surface area contributed by atoms with Crippen LogP contribution in [0.25, 0.3) is 0 Å². The monoisotopic (exact) mass is 250 g/mol. The molecule has 0 fully saturated rings. The second-order valence-corrected chi connectivity index (χ2v) is 4.27. The molecule has 2 atom stereocenters. The summed E-state index contributed by atoms with van der Waals surface area (Å²) in [7, 11) is 1.90. The molecule has 5 nitrogen and oxygen atoms in total. The topological polar surface area (TPSA) is 73.6 Å². The van der Waals surface area contributed by atoms with E-state index in [4.69, 9.17) is 15.2 Å². The number of fused-ring (bicyclic) bond motifs is 1. The fourth-order valence-electron chi connectivity index (χ4n) is 2.01. The number of benzene rings is 1. The van der Waals surface area contributed by atoms with Crippen molar-refractivity contribution < 1.29 is 14.3 Å². The van der Waals surface area contributed by atoms with E-state index in [2.05, 4.69) is 5.32 Å². The smallest absolute Gasteiger partial charge is 0.258 e. The summed E-state index contributed by atoms with van der Waals surface area (Å²) in [5.74, 6) is 0.953. The van der Waals surface area contributed by atoms with Gasteiger partial charge < -0.3 is 20.5 Å². The number of carbonyl (C=O) groups excluding carboxylic acids is 1. The summed E-state index contributed by atoms with van der Waals surface area (Å²) in [6.45, 7) is 2.47. The first kappa shape index (κ1) is 12.7. The van der Waals surface area contributed by atoms with Crippen LogP contribution in [-0.4, -0.2) is 25.7 Å². The molecule has 1 aromatic carbocycles. The van der Waals surface area contributed by atoms with Crippen LogP contribution >= 0.6 is 0 Å². The summed E-state index contributed by atoms with van der Waals surface area (Å²) in [6, 6.07) is 5.81. The highest BCUT2D eigenvalue weighted by Gasteiger charge is 2.23. The summed E-state index contributed by atoms with van der Waals surface area (Å²) in [5.41, 5.74) is 6.35. The average Bonchev–Trinajstić information content (AvgIpc) is 2.77. The van der Waals surface area contributed by atoms with Crippen molar-refractivity contribution in [3.05, 3.63) is 23.8 Å². The van der Waals surface area contributed by atoms with Gasteiger partial charge in [-0.25, -0.2) is 0 Å². The minimum Gasteiger partial charge on any atom is -0.491 e. The zero-order chi connectivity index (χ0) is 13.1. The van der Waals surface area contributed by atoms with Crippen molar-refractivity contribution in [3.63, 3.8) is 0 Å². The predicted molar refractivity (Wildman–Crippen MR) is 67.6 cm³/mol. The Bertz CT molecular complexity index is 448.